The molecule has 0 unspecified atom stereocenters. The summed E-state index contributed by atoms with van der Waals surface area (Å²) in [5.74, 6) is 0. The van der Waals surface area contributed by atoms with Crippen molar-refractivity contribution in [3.05, 3.63) is 35.9 Å². The fraction of sp³-hybridized carbons (Fsp3) is 0.588. The predicted octanol–water partition coefficient (Wildman–Crippen LogP) is 3.09. The quantitative estimate of drug-likeness (QED) is 0.818. The summed E-state index contributed by atoms with van der Waals surface area (Å²) in [4.78, 5) is 2.23. The van der Waals surface area contributed by atoms with E-state index in [1.165, 1.54) is 37.7 Å². The van der Waals surface area contributed by atoms with Gasteiger partial charge in [-0.1, -0.05) is 49.6 Å². The minimum atomic E-state index is 0.331. The van der Waals surface area contributed by atoms with E-state index in [-0.39, 0.29) is 0 Å². The van der Waals surface area contributed by atoms with Gasteiger partial charge in [0.15, 0.2) is 5.11 Å². The van der Waals surface area contributed by atoms with Crippen molar-refractivity contribution < 1.29 is 0 Å². The SMILES string of the molecule is CN(C)[C@H](CNC(=S)NC1CCCCC1)c1ccccc1. The third-order valence-corrected chi connectivity index (χ3v) is 4.47. The van der Waals surface area contributed by atoms with Crippen LogP contribution in [0.3, 0.4) is 0 Å². The highest BCUT2D eigenvalue weighted by Gasteiger charge is 2.16. The van der Waals surface area contributed by atoms with Crippen LogP contribution in [0.1, 0.15) is 43.7 Å². The molecule has 0 aromatic heterocycles. The molecule has 1 aromatic carbocycles. The van der Waals surface area contributed by atoms with Crippen molar-refractivity contribution in [2.24, 2.45) is 0 Å². The fourth-order valence-electron chi connectivity index (χ4n) is 2.95. The highest BCUT2D eigenvalue weighted by atomic mass is 32.1. The zero-order valence-electron chi connectivity index (χ0n) is 13.1. The van der Waals surface area contributed by atoms with Gasteiger partial charge in [-0.2, -0.15) is 0 Å². The lowest BCUT2D eigenvalue weighted by molar-refractivity contribution is 0.298. The summed E-state index contributed by atoms with van der Waals surface area (Å²) in [7, 11) is 4.22. The lowest BCUT2D eigenvalue weighted by Crippen LogP contribution is -2.45. The molecule has 0 aliphatic heterocycles. The summed E-state index contributed by atoms with van der Waals surface area (Å²) < 4.78 is 0. The molecular formula is C17H27N3S. The molecule has 1 atom stereocenters. The lowest BCUT2D eigenvalue weighted by Gasteiger charge is -2.28. The Hall–Kier alpha value is -1.13. The number of rotatable bonds is 5. The number of nitrogens with zero attached hydrogens (tertiary/aromatic N) is 1. The number of thiocarbonyl (C=S) groups is 1. The standard InChI is InChI=1S/C17H27N3S/c1-20(2)16(14-9-5-3-6-10-14)13-18-17(21)19-15-11-7-4-8-12-15/h3,5-6,9-10,15-16H,4,7-8,11-13H2,1-2H3,(H2,18,19,21)/t16-/m1/s1. The van der Waals surface area contributed by atoms with E-state index in [2.05, 4.69) is 60.0 Å². The second-order valence-electron chi connectivity index (χ2n) is 6.08. The molecule has 21 heavy (non-hydrogen) atoms. The van der Waals surface area contributed by atoms with Crippen molar-refractivity contribution in [3.8, 4) is 0 Å². The summed E-state index contributed by atoms with van der Waals surface area (Å²) in [6, 6.07) is 11.5. The minimum Gasteiger partial charge on any atom is -0.361 e. The minimum absolute atomic E-state index is 0.331. The molecule has 0 bridgehead atoms. The van der Waals surface area contributed by atoms with E-state index in [9.17, 15) is 0 Å². The average Bonchev–Trinajstić information content (AvgIpc) is 2.49. The molecule has 3 nitrogen and oxygen atoms in total. The van der Waals surface area contributed by atoms with Crippen LogP contribution in [0.5, 0.6) is 0 Å². The largest absolute Gasteiger partial charge is 0.361 e. The second kappa shape index (κ2) is 8.35. The second-order valence-corrected chi connectivity index (χ2v) is 6.49. The Balaban J connectivity index is 1.82. The number of hydrogen-bond donors (Lipinski definition) is 2. The van der Waals surface area contributed by atoms with Crippen LogP contribution < -0.4 is 10.6 Å². The molecule has 0 saturated heterocycles. The van der Waals surface area contributed by atoms with E-state index in [1.54, 1.807) is 0 Å². The van der Waals surface area contributed by atoms with E-state index in [0.29, 0.717) is 12.1 Å². The highest BCUT2D eigenvalue weighted by Crippen LogP contribution is 2.18. The maximum absolute atomic E-state index is 5.45. The molecule has 2 rings (SSSR count). The van der Waals surface area contributed by atoms with E-state index >= 15 is 0 Å². The molecule has 1 saturated carbocycles. The Bertz CT molecular complexity index is 427. The molecule has 1 aliphatic rings. The molecule has 0 amide bonds. The molecule has 2 N–H and O–H groups in total. The van der Waals surface area contributed by atoms with Crippen molar-refractivity contribution in [1.29, 1.82) is 0 Å². The Morgan fingerprint density at radius 2 is 1.86 bits per heavy atom. The van der Waals surface area contributed by atoms with Gasteiger partial charge in [0.25, 0.3) is 0 Å². The average molecular weight is 305 g/mol. The fourth-order valence-corrected chi connectivity index (χ4v) is 3.20. The van der Waals surface area contributed by atoms with Crippen LogP contribution in [0, 0.1) is 0 Å². The van der Waals surface area contributed by atoms with E-state index in [1.807, 2.05) is 0 Å². The number of nitrogens with one attached hydrogen (secondary N) is 2. The molecule has 1 aromatic rings. The molecule has 116 valence electrons. The molecular weight excluding hydrogens is 278 g/mol. The van der Waals surface area contributed by atoms with Gasteiger partial charge in [-0.25, -0.2) is 0 Å². The Morgan fingerprint density at radius 3 is 2.48 bits per heavy atom. The van der Waals surface area contributed by atoms with Crippen molar-refractivity contribution >= 4 is 17.3 Å². The number of likely N-dealkylation sites (N-methyl/N-ethyl adjacent to an activating group) is 1. The van der Waals surface area contributed by atoms with Gasteiger partial charge in [0.2, 0.25) is 0 Å². The molecule has 1 fully saturated rings. The molecule has 0 heterocycles. The van der Waals surface area contributed by atoms with Crippen molar-refractivity contribution in [1.82, 2.24) is 15.5 Å². The Kier molecular flexibility index (Phi) is 6.46. The van der Waals surface area contributed by atoms with Crippen LogP contribution in [-0.2, 0) is 0 Å². The molecule has 1 aliphatic carbocycles. The summed E-state index contributed by atoms with van der Waals surface area (Å²) >= 11 is 5.45. The van der Waals surface area contributed by atoms with Gasteiger partial charge < -0.3 is 15.5 Å². The van der Waals surface area contributed by atoms with Gasteiger partial charge in [-0.3, -0.25) is 0 Å². The third-order valence-electron chi connectivity index (χ3n) is 4.20. The smallest absolute Gasteiger partial charge is 0.166 e. The van der Waals surface area contributed by atoms with Gasteiger partial charge in [-0.15, -0.1) is 0 Å². The maximum atomic E-state index is 5.45. The Morgan fingerprint density at radius 1 is 1.19 bits per heavy atom. The number of hydrogen-bond acceptors (Lipinski definition) is 2. The van der Waals surface area contributed by atoms with E-state index in [4.69, 9.17) is 12.2 Å². The zero-order chi connectivity index (χ0) is 15.1. The van der Waals surface area contributed by atoms with Gasteiger partial charge in [-0.05, 0) is 44.7 Å². The monoisotopic (exact) mass is 305 g/mol. The maximum Gasteiger partial charge on any atom is 0.166 e. The van der Waals surface area contributed by atoms with Crippen LogP contribution >= 0.6 is 12.2 Å². The highest BCUT2D eigenvalue weighted by molar-refractivity contribution is 7.80. The molecule has 4 heteroatoms. The van der Waals surface area contributed by atoms with E-state index < -0.39 is 0 Å². The summed E-state index contributed by atoms with van der Waals surface area (Å²) in [6.07, 6.45) is 6.51. The first-order valence-corrected chi connectivity index (χ1v) is 8.33. The zero-order valence-corrected chi connectivity index (χ0v) is 14.0. The third kappa shape index (κ3) is 5.29. The van der Waals surface area contributed by atoms with Crippen LogP contribution in [0.4, 0.5) is 0 Å². The first-order chi connectivity index (χ1) is 10.2. The van der Waals surface area contributed by atoms with Gasteiger partial charge in [0.1, 0.15) is 0 Å². The normalized spacial score (nSPS) is 17.5. The van der Waals surface area contributed by atoms with E-state index in [0.717, 1.165) is 11.7 Å². The lowest BCUT2D eigenvalue weighted by atomic mass is 9.96. The van der Waals surface area contributed by atoms with Gasteiger partial charge in [0, 0.05) is 12.6 Å². The van der Waals surface area contributed by atoms with Crippen LogP contribution in [0.15, 0.2) is 30.3 Å². The molecule has 0 spiro atoms. The topological polar surface area (TPSA) is 27.3 Å². The van der Waals surface area contributed by atoms with Crippen molar-refractivity contribution in [3.63, 3.8) is 0 Å². The Labute approximate surface area is 134 Å². The van der Waals surface area contributed by atoms with Gasteiger partial charge >= 0.3 is 0 Å². The number of benzene rings is 1. The van der Waals surface area contributed by atoms with Crippen molar-refractivity contribution in [2.45, 2.75) is 44.2 Å². The van der Waals surface area contributed by atoms with Crippen LogP contribution in [-0.4, -0.2) is 36.7 Å². The first kappa shape index (κ1) is 16.2. The summed E-state index contributed by atoms with van der Waals surface area (Å²) in [5, 5.41) is 7.65. The first-order valence-electron chi connectivity index (χ1n) is 7.92. The predicted molar refractivity (Wildman–Crippen MR) is 93.5 cm³/mol. The van der Waals surface area contributed by atoms with Crippen LogP contribution in [0.2, 0.25) is 0 Å². The molecule has 0 radical (unpaired) electrons. The van der Waals surface area contributed by atoms with Gasteiger partial charge in [0.05, 0.1) is 6.04 Å². The van der Waals surface area contributed by atoms with Crippen LogP contribution in [0.25, 0.3) is 0 Å². The summed E-state index contributed by atoms with van der Waals surface area (Å²) in [6.45, 7) is 0.829. The van der Waals surface area contributed by atoms with Crippen molar-refractivity contribution in [2.75, 3.05) is 20.6 Å². The summed E-state index contributed by atoms with van der Waals surface area (Å²) in [5.41, 5.74) is 1.32.